The number of ether oxygens (including phenoxy) is 2. The number of phosphoric acid groups is 1. The molecule has 0 bridgehead atoms. The van der Waals surface area contributed by atoms with E-state index in [-0.39, 0.29) is 30.7 Å². The third-order valence-electron chi connectivity index (χ3n) is 4.46. The van der Waals surface area contributed by atoms with E-state index in [0.717, 1.165) is 0 Å². The van der Waals surface area contributed by atoms with Gasteiger partial charge in [-0.3, -0.25) is 18.1 Å². The predicted molar refractivity (Wildman–Crippen MR) is 89.8 cm³/mol. The Morgan fingerprint density at radius 1 is 1.52 bits per heavy atom. The van der Waals surface area contributed by atoms with E-state index in [1.165, 1.54) is 24.9 Å². The Morgan fingerprint density at radius 2 is 2.30 bits per heavy atom. The number of anilines is 1. The number of halogens is 1. The molecule has 0 unspecified atom stereocenters. The van der Waals surface area contributed by atoms with Gasteiger partial charge in [-0.2, -0.15) is 9.97 Å². The van der Waals surface area contributed by atoms with E-state index in [0.29, 0.717) is 5.52 Å². The molecular formula is C14H19FN5O6P. The molecule has 2 N–H and O–H groups in total. The largest absolute Gasteiger partial charge is 0.479 e. The van der Waals surface area contributed by atoms with Crippen LogP contribution < -0.4 is 10.5 Å². The van der Waals surface area contributed by atoms with Crippen LogP contribution in [0.15, 0.2) is 6.33 Å². The summed E-state index contributed by atoms with van der Waals surface area (Å²) >= 11 is 0. The summed E-state index contributed by atoms with van der Waals surface area (Å²) < 4.78 is 56.0. The summed E-state index contributed by atoms with van der Waals surface area (Å²) in [5.74, 6) is 0.102. The summed E-state index contributed by atoms with van der Waals surface area (Å²) in [6, 6.07) is 0. The normalized spacial score (nSPS) is 36.1. The number of alkyl halides is 1. The Morgan fingerprint density at radius 3 is 3.00 bits per heavy atom. The van der Waals surface area contributed by atoms with E-state index in [1.54, 1.807) is 6.92 Å². The Bertz CT molecular complexity index is 923. The monoisotopic (exact) mass is 403 g/mol. The van der Waals surface area contributed by atoms with E-state index in [9.17, 15) is 4.57 Å². The van der Waals surface area contributed by atoms with Gasteiger partial charge in [0.25, 0.3) is 0 Å². The minimum atomic E-state index is -3.85. The van der Waals surface area contributed by atoms with Crippen LogP contribution in [-0.4, -0.2) is 57.7 Å². The maximum atomic E-state index is 15.7. The van der Waals surface area contributed by atoms with Gasteiger partial charge in [0.05, 0.1) is 26.7 Å². The zero-order valence-corrected chi connectivity index (χ0v) is 15.8. The van der Waals surface area contributed by atoms with Gasteiger partial charge in [0.15, 0.2) is 23.1 Å². The highest BCUT2D eigenvalue weighted by Crippen LogP contribution is 2.59. The first kappa shape index (κ1) is 18.5. The molecule has 0 saturated carbocycles. The van der Waals surface area contributed by atoms with Crippen molar-refractivity contribution < 1.29 is 32.0 Å². The molecule has 0 amide bonds. The average Bonchev–Trinajstić information content (AvgIpc) is 3.13. The van der Waals surface area contributed by atoms with Crippen molar-refractivity contribution in [3.8, 4) is 5.88 Å². The van der Waals surface area contributed by atoms with Crippen LogP contribution in [0.1, 0.15) is 20.1 Å². The Balaban J connectivity index is 1.73. The van der Waals surface area contributed by atoms with Gasteiger partial charge >= 0.3 is 7.82 Å². The van der Waals surface area contributed by atoms with Crippen LogP contribution in [0.25, 0.3) is 11.2 Å². The number of hydrogen-bond acceptors (Lipinski definition) is 10. The second kappa shape index (κ2) is 6.35. The smallest absolute Gasteiger partial charge is 0.475 e. The van der Waals surface area contributed by atoms with Crippen molar-refractivity contribution in [1.82, 2.24) is 19.5 Å². The molecule has 5 atom stereocenters. The van der Waals surface area contributed by atoms with Crippen LogP contribution in [0.5, 0.6) is 5.88 Å². The number of imidazole rings is 1. The highest BCUT2D eigenvalue weighted by atomic mass is 31.2. The molecule has 4 rings (SSSR count). The number of phosphoric ester groups is 1. The average molecular weight is 403 g/mol. The molecule has 2 aromatic heterocycles. The first-order chi connectivity index (χ1) is 12.8. The molecule has 148 valence electrons. The molecule has 2 fully saturated rings. The van der Waals surface area contributed by atoms with Crippen LogP contribution >= 0.6 is 7.82 Å². The topological polar surface area (TPSA) is 133 Å². The minimum absolute atomic E-state index is 0.0579. The van der Waals surface area contributed by atoms with Crippen LogP contribution in [-0.2, 0) is 22.9 Å². The first-order valence-corrected chi connectivity index (χ1v) is 9.71. The summed E-state index contributed by atoms with van der Waals surface area (Å²) in [5, 5.41) is 0. The fourth-order valence-corrected chi connectivity index (χ4v) is 4.75. The van der Waals surface area contributed by atoms with Crippen molar-refractivity contribution in [3.05, 3.63) is 6.33 Å². The Hall–Kier alpha value is -1.85. The number of methoxy groups -OCH3 is 1. The number of nitrogen functional groups attached to an aromatic ring is 1. The summed E-state index contributed by atoms with van der Waals surface area (Å²) in [4.78, 5) is 12.2. The van der Waals surface area contributed by atoms with Gasteiger partial charge in [-0.25, -0.2) is 13.9 Å². The fourth-order valence-electron chi connectivity index (χ4n) is 3.29. The molecule has 2 saturated heterocycles. The van der Waals surface area contributed by atoms with Gasteiger partial charge in [-0.1, -0.05) is 0 Å². The second-order valence-electron chi connectivity index (χ2n) is 6.28. The number of rotatable bonds is 4. The molecular weight excluding hydrogens is 384 g/mol. The first-order valence-electron chi connectivity index (χ1n) is 8.25. The Labute approximate surface area is 153 Å². The number of nitrogens with two attached hydrogens (primary N) is 1. The lowest BCUT2D eigenvalue weighted by Crippen LogP contribution is -2.44. The number of fused-ring (bicyclic) bond motifs is 2. The maximum Gasteiger partial charge on any atom is 0.475 e. The standard InChI is InChI=1S/C14H19FN5O6P/c1-4-23-27(21)24-5-7-9(26-27)14(2,15)12(25-7)20-6-17-8-10(20)18-13(16)19-11(8)22-3/h6-7,9,12H,4-5H2,1-3H3,(H2,16,18,19)/t7-,9-,12-,14-,27+/m1/s1. The Kier molecular flexibility index (Phi) is 4.35. The lowest BCUT2D eigenvalue weighted by Gasteiger charge is -2.33. The van der Waals surface area contributed by atoms with Crippen LogP contribution in [0, 0.1) is 0 Å². The SMILES string of the molecule is CCO[P@@]1(=O)OC[C@H]2O[C@@H](n3cnc4c(OC)nc(N)nc43)[C@](C)(F)[C@@H]2O1. The number of aromatic nitrogens is 4. The van der Waals surface area contributed by atoms with E-state index < -0.39 is 31.9 Å². The van der Waals surface area contributed by atoms with Gasteiger partial charge in [-0.05, 0) is 13.8 Å². The summed E-state index contributed by atoms with van der Waals surface area (Å²) in [5.41, 5.74) is 4.16. The van der Waals surface area contributed by atoms with E-state index >= 15 is 4.39 Å². The van der Waals surface area contributed by atoms with Crippen molar-refractivity contribution in [1.29, 1.82) is 0 Å². The van der Waals surface area contributed by atoms with Gasteiger partial charge in [-0.15, -0.1) is 0 Å². The summed E-state index contributed by atoms with van der Waals surface area (Å²) in [6.45, 7) is 2.89. The summed E-state index contributed by atoms with van der Waals surface area (Å²) in [6.07, 6.45) is -1.77. The molecule has 0 spiro atoms. The lowest BCUT2D eigenvalue weighted by atomic mass is 9.98. The van der Waals surface area contributed by atoms with E-state index in [1.807, 2.05) is 0 Å². The van der Waals surface area contributed by atoms with Crippen molar-refractivity contribution in [2.45, 2.75) is 38.0 Å². The molecule has 0 radical (unpaired) electrons. The second-order valence-corrected chi connectivity index (χ2v) is 7.90. The fraction of sp³-hybridized carbons (Fsp3) is 0.643. The van der Waals surface area contributed by atoms with Crippen molar-refractivity contribution >= 4 is 24.9 Å². The van der Waals surface area contributed by atoms with Gasteiger partial charge in [0.1, 0.15) is 12.2 Å². The molecule has 0 aliphatic carbocycles. The van der Waals surface area contributed by atoms with Crippen LogP contribution in [0.3, 0.4) is 0 Å². The predicted octanol–water partition coefficient (Wildman–Crippen LogP) is 1.60. The molecule has 2 aliphatic rings. The van der Waals surface area contributed by atoms with Gasteiger partial charge < -0.3 is 15.2 Å². The highest BCUT2D eigenvalue weighted by molar-refractivity contribution is 7.48. The highest BCUT2D eigenvalue weighted by Gasteiger charge is 2.61. The van der Waals surface area contributed by atoms with Crippen LogP contribution in [0.2, 0.25) is 0 Å². The van der Waals surface area contributed by atoms with Crippen molar-refractivity contribution in [2.24, 2.45) is 0 Å². The maximum absolute atomic E-state index is 15.7. The zero-order chi connectivity index (χ0) is 19.4. The minimum Gasteiger partial charge on any atom is -0.479 e. The number of hydrogen-bond donors (Lipinski definition) is 1. The number of nitrogens with zero attached hydrogens (tertiary/aromatic N) is 4. The third kappa shape index (κ3) is 2.88. The quantitative estimate of drug-likeness (QED) is 0.751. The zero-order valence-electron chi connectivity index (χ0n) is 14.9. The molecule has 2 aliphatic heterocycles. The van der Waals surface area contributed by atoms with Gasteiger partial charge in [0, 0.05) is 0 Å². The van der Waals surface area contributed by atoms with Crippen LogP contribution in [0.4, 0.5) is 10.3 Å². The van der Waals surface area contributed by atoms with E-state index in [2.05, 4.69) is 15.0 Å². The lowest BCUT2D eigenvalue weighted by molar-refractivity contribution is -0.0702. The summed E-state index contributed by atoms with van der Waals surface area (Å²) in [7, 11) is -2.43. The van der Waals surface area contributed by atoms with Gasteiger partial charge in [0.2, 0.25) is 11.8 Å². The third-order valence-corrected chi connectivity index (χ3v) is 5.99. The van der Waals surface area contributed by atoms with E-state index in [4.69, 9.17) is 28.8 Å². The molecule has 27 heavy (non-hydrogen) atoms. The molecule has 13 heteroatoms. The molecule has 2 aromatic rings. The molecule has 4 heterocycles. The van der Waals surface area contributed by atoms with Crippen molar-refractivity contribution in [2.75, 3.05) is 26.1 Å². The molecule has 11 nitrogen and oxygen atoms in total. The molecule has 0 aromatic carbocycles. The van der Waals surface area contributed by atoms with Crippen molar-refractivity contribution in [3.63, 3.8) is 0 Å².